The van der Waals surface area contributed by atoms with Gasteiger partial charge in [0.2, 0.25) is 0 Å². The summed E-state index contributed by atoms with van der Waals surface area (Å²) in [4.78, 5) is -0.0724. The van der Waals surface area contributed by atoms with Gasteiger partial charge in [0.05, 0.1) is 16.8 Å². The summed E-state index contributed by atoms with van der Waals surface area (Å²) >= 11 is 11.8. The Balaban J connectivity index is 2.31. The summed E-state index contributed by atoms with van der Waals surface area (Å²) in [5, 5.41) is 0.396. The third-order valence-corrected chi connectivity index (χ3v) is 4.74. The first-order chi connectivity index (χ1) is 10.3. The molecule has 0 saturated carbocycles. The molecule has 0 aliphatic heterocycles. The van der Waals surface area contributed by atoms with Gasteiger partial charge >= 0.3 is 0 Å². The van der Waals surface area contributed by atoms with Gasteiger partial charge in [0, 0.05) is 11.1 Å². The topological polar surface area (TPSA) is 55.4 Å². The number of hydrogen-bond donors (Lipinski definition) is 1. The fourth-order valence-electron chi connectivity index (χ4n) is 1.80. The lowest BCUT2D eigenvalue weighted by Gasteiger charge is -2.13. The zero-order valence-corrected chi connectivity index (χ0v) is 14.3. The fourth-order valence-corrected chi connectivity index (χ4v) is 3.61. The van der Waals surface area contributed by atoms with E-state index in [1.807, 2.05) is 13.8 Å². The van der Waals surface area contributed by atoms with E-state index in [4.69, 9.17) is 27.9 Å². The molecule has 2 rings (SSSR count). The summed E-state index contributed by atoms with van der Waals surface area (Å²) in [5.41, 5.74) is 0.384. The van der Waals surface area contributed by atoms with Crippen LogP contribution in [0.15, 0.2) is 47.4 Å². The van der Waals surface area contributed by atoms with E-state index in [0.717, 1.165) is 0 Å². The van der Waals surface area contributed by atoms with Gasteiger partial charge in [0.25, 0.3) is 10.0 Å². The van der Waals surface area contributed by atoms with Gasteiger partial charge in [0.15, 0.2) is 0 Å². The van der Waals surface area contributed by atoms with Gasteiger partial charge in [-0.15, -0.1) is 0 Å². The molecule has 0 spiro atoms. The highest BCUT2D eigenvalue weighted by molar-refractivity contribution is 7.92. The van der Waals surface area contributed by atoms with Crippen LogP contribution >= 0.6 is 23.2 Å². The van der Waals surface area contributed by atoms with Gasteiger partial charge in [-0.2, -0.15) is 0 Å². The summed E-state index contributed by atoms with van der Waals surface area (Å²) in [6.07, 6.45) is -0.00534. The Kier molecular flexibility index (Phi) is 5.21. The quantitative estimate of drug-likeness (QED) is 0.849. The van der Waals surface area contributed by atoms with Crippen molar-refractivity contribution in [2.24, 2.45) is 0 Å². The molecule has 0 saturated heterocycles. The average molecular weight is 360 g/mol. The highest BCUT2D eigenvalue weighted by atomic mass is 35.5. The predicted molar refractivity (Wildman–Crippen MR) is 89.5 cm³/mol. The molecule has 1 N–H and O–H groups in total. The highest BCUT2D eigenvalue weighted by Crippen LogP contribution is 2.28. The Labute approximate surface area is 140 Å². The lowest BCUT2D eigenvalue weighted by molar-refractivity contribution is 0.242. The Morgan fingerprint density at radius 3 is 2.50 bits per heavy atom. The highest BCUT2D eigenvalue weighted by Gasteiger charge is 2.18. The molecular formula is C15H15Cl2NO3S. The van der Waals surface area contributed by atoms with Gasteiger partial charge in [-0.05, 0) is 44.2 Å². The maximum absolute atomic E-state index is 12.4. The number of nitrogens with one attached hydrogen (secondary N) is 1. The van der Waals surface area contributed by atoms with Crippen LogP contribution in [0.25, 0.3) is 0 Å². The molecule has 0 amide bonds. The first-order valence-corrected chi connectivity index (χ1v) is 8.76. The minimum absolute atomic E-state index is 0.00534. The van der Waals surface area contributed by atoms with Crippen LogP contribution in [-0.2, 0) is 10.0 Å². The molecule has 0 bridgehead atoms. The molecule has 118 valence electrons. The van der Waals surface area contributed by atoms with Crippen LogP contribution in [-0.4, -0.2) is 14.5 Å². The smallest absolute Gasteiger partial charge is 0.263 e. The molecule has 0 aromatic heterocycles. The normalized spacial score (nSPS) is 11.5. The van der Waals surface area contributed by atoms with Crippen molar-refractivity contribution in [3.63, 3.8) is 0 Å². The minimum atomic E-state index is -3.83. The van der Waals surface area contributed by atoms with Crippen LogP contribution in [0, 0.1) is 0 Å². The van der Waals surface area contributed by atoms with Crippen molar-refractivity contribution in [1.29, 1.82) is 0 Å². The maximum Gasteiger partial charge on any atom is 0.263 e. The number of anilines is 1. The Morgan fingerprint density at radius 2 is 1.82 bits per heavy atom. The SMILES string of the molecule is CC(C)Oc1cccc(NS(=O)(=O)c2cc(Cl)ccc2Cl)c1. The summed E-state index contributed by atoms with van der Waals surface area (Å²) in [5.74, 6) is 0.576. The monoisotopic (exact) mass is 359 g/mol. The van der Waals surface area contributed by atoms with E-state index < -0.39 is 10.0 Å². The molecule has 4 nitrogen and oxygen atoms in total. The first kappa shape index (κ1) is 16.9. The van der Waals surface area contributed by atoms with Crippen LogP contribution in [0.3, 0.4) is 0 Å². The molecule has 0 aliphatic carbocycles. The lowest BCUT2D eigenvalue weighted by atomic mass is 10.3. The summed E-state index contributed by atoms with van der Waals surface area (Å²) in [7, 11) is -3.83. The third-order valence-electron chi connectivity index (χ3n) is 2.64. The van der Waals surface area contributed by atoms with Crippen molar-refractivity contribution in [2.75, 3.05) is 4.72 Å². The largest absolute Gasteiger partial charge is 0.491 e. The zero-order chi connectivity index (χ0) is 16.3. The van der Waals surface area contributed by atoms with Gasteiger partial charge in [-0.3, -0.25) is 4.72 Å². The molecule has 2 aromatic carbocycles. The van der Waals surface area contributed by atoms with Crippen molar-refractivity contribution >= 4 is 38.9 Å². The number of rotatable bonds is 5. The van der Waals surface area contributed by atoms with E-state index in [-0.39, 0.29) is 16.0 Å². The molecule has 0 aliphatic rings. The van der Waals surface area contributed by atoms with Gasteiger partial charge in [-0.25, -0.2) is 8.42 Å². The zero-order valence-electron chi connectivity index (χ0n) is 12.0. The van der Waals surface area contributed by atoms with Gasteiger partial charge in [-0.1, -0.05) is 29.3 Å². The van der Waals surface area contributed by atoms with Crippen LogP contribution < -0.4 is 9.46 Å². The molecule has 0 atom stereocenters. The van der Waals surface area contributed by atoms with Crippen LogP contribution in [0.1, 0.15) is 13.8 Å². The molecule has 2 aromatic rings. The number of benzene rings is 2. The maximum atomic E-state index is 12.4. The van der Waals surface area contributed by atoms with E-state index in [1.165, 1.54) is 18.2 Å². The van der Waals surface area contributed by atoms with Crippen molar-refractivity contribution in [3.05, 3.63) is 52.5 Å². The molecule has 0 heterocycles. The second-order valence-electron chi connectivity index (χ2n) is 4.87. The van der Waals surface area contributed by atoms with Crippen LogP contribution in [0.5, 0.6) is 5.75 Å². The Morgan fingerprint density at radius 1 is 1.09 bits per heavy atom. The molecule has 22 heavy (non-hydrogen) atoms. The van der Waals surface area contributed by atoms with Crippen molar-refractivity contribution in [1.82, 2.24) is 0 Å². The van der Waals surface area contributed by atoms with Gasteiger partial charge in [0.1, 0.15) is 10.6 Å². The molecular weight excluding hydrogens is 345 g/mol. The fraction of sp³-hybridized carbons (Fsp3) is 0.200. The number of sulfonamides is 1. The summed E-state index contributed by atoms with van der Waals surface area (Å²) < 4.78 is 32.8. The Hall–Kier alpha value is -1.43. The van der Waals surface area contributed by atoms with E-state index in [0.29, 0.717) is 16.5 Å². The predicted octanol–water partition coefficient (Wildman–Crippen LogP) is 4.58. The minimum Gasteiger partial charge on any atom is -0.491 e. The number of hydrogen-bond acceptors (Lipinski definition) is 3. The first-order valence-electron chi connectivity index (χ1n) is 6.52. The van der Waals surface area contributed by atoms with E-state index in [1.54, 1.807) is 24.3 Å². The van der Waals surface area contributed by atoms with Crippen molar-refractivity contribution in [3.8, 4) is 5.75 Å². The second-order valence-corrected chi connectivity index (χ2v) is 7.37. The average Bonchev–Trinajstić information content (AvgIpc) is 2.40. The molecule has 0 radical (unpaired) electrons. The second kappa shape index (κ2) is 6.77. The summed E-state index contributed by atoms with van der Waals surface area (Å²) in [6, 6.07) is 11.0. The number of ether oxygens (including phenoxy) is 1. The lowest BCUT2D eigenvalue weighted by Crippen LogP contribution is -2.14. The summed E-state index contributed by atoms with van der Waals surface area (Å²) in [6.45, 7) is 3.78. The number of halogens is 2. The van der Waals surface area contributed by atoms with Gasteiger partial charge < -0.3 is 4.74 Å². The molecule has 0 fully saturated rings. The standard InChI is InChI=1S/C15H15Cl2NO3S/c1-10(2)21-13-5-3-4-12(9-13)18-22(19,20)15-8-11(16)6-7-14(15)17/h3-10,18H,1-2H3. The van der Waals surface area contributed by atoms with Crippen molar-refractivity contribution in [2.45, 2.75) is 24.8 Å². The molecule has 7 heteroatoms. The van der Waals surface area contributed by atoms with Crippen molar-refractivity contribution < 1.29 is 13.2 Å². The molecule has 0 unspecified atom stereocenters. The van der Waals surface area contributed by atoms with Crippen LogP contribution in [0.2, 0.25) is 10.0 Å². The van der Waals surface area contributed by atoms with Crippen LogP contribution in [0.4, 0.5) is 5.69 Å². The van der Waals surface area contributed by atoms with E-state index in [9.17, 15) is 8.42 Å². The third kappa shape index (κ3) is 4.29. The van der Waals surface area contributed by atoms with E-state index in [2.05, 4.69) is 4.72 Å². The van der Waals surface area contributed by atoms with E-state index >= 15 is 0 Å². The Bertz CT molecular complexity index is 776.